The van der Waals surface area contributed by atoms with E-state index in [1.807, 2.05) is 12.0 Å². The van der Waals surface area contributed by atoms with Crippen LogP contribution in [0.3, 0.4) is 0 Å². The predicted octanol–water partition coefficient (Wildman–Crippen LogP) is 2.46. The van der Waals surface area contributed by atoms with Crippen molar-refractivity contribution < 1.29 is 9.90 Å². The highest BCUT2D eigenvalue weighted by Gasteiger charge is 2.15. The molecule has 18 heavy (non-hydrogen) atoms. The summed E-state index contributed by atoms with van der Waals surface area (Å²) in [5.41, 5.74) is 1.34. The molecule has 1 N–H and O–H groups in total. The molecule has 0 bridgehead atoms. The Balaban J connectivity index is 2.78. The van der Waals surface area contributed by atoms with Gasteiger partial charge in [-0.15, -0.1) is 0 Å². The number of hydrogen-bond acceptors (Lipinski definition) is 3. The summed E-state index contributed by atoms with van der Waals surface area (Å²) in [7, 11) is 0. The monoisotopic (exact) mass is 249 g/mol. The van der Waals surface area contributed by atoms with E-state index in [0.717, 1.165) is 44.5 Å². The van der Waals surface area contributed by atoms with Crippen LogP contribution in [0.15, 0.2) is 29.5 Å². The van der Waals surface area contributed by atoms with E-state index < -0.39 is 6.10 Å². The molecule has 1 unspecified atom stereocenters. The zero-order valence-corrected chi connectivity index (χ0v) is 11.4. The van der Waals surface area contributed by atoms with Gasteiger partial charge in [0.05, 0.1) is 5.57 Å². The molecule has 0 spiro atoms. The highest BCUT2D eigenvalue weighted by Crippen LogP contribution is 2.19. The number of hydrogen-bond donors (Lipinski definition) is 1. The van der Waals surface area contributed by atoms with Crippen LogP contribution in [0.25, 0.3) is 0 Å². The SMILES string of the molecule is CCCCN(CCCC)C1=CC(=C=O)C(O)C=C1. The third-order valence-electron chi connectivity index (χ3n) is 3.12. The van der Waals surface area contributed by atoms with Gasteiger partial charge in [0.15, 0.2) is 0 Å². The lowest BCUT2D eigenvalue weighted by molar-refractivity contribution is 0.259. The van der Waals surface area contributed by atoms with E-state index in [1.54, 1.807) is 12.2 Å². The lowest BCUT2D eigenvalue weighted by Gasteiger charge is -2.27. The summed E-state index contributed by atoms with van der Waals surface area (Å²) in [5.74, 6) is 1.81. The summed E-state index contributed by atoms with van der Waals surface area (Å²) in [5, 5.41) is 9.57. The van der Waals surface area contributed by atoms with Crippen molar-refractivity contribution in [1.29, 1.82) is 0 Å². The molecule has 0 saturated heterocycles. The van der Waals surface area contributed by atoms with Crippen LogP contribution < -0.4 is 0 Å². The summed E-state index contributed by atoms with van der Waals surface area (Å²) in [4.78, 5) is 13.0. The van der Waals surface area contributed by atoms with Gasteiger partial charge in [0.2, 0.25) is 0 Å². The number of rotatable bonds is 7. The number of aliphatic hydroxyl groups is 1. The first-order valence-corrected chi connectivity index (χ1v) is 6.80. The average molecular weight is 249 g/mol. The average Bonchev–Trinajstić information content (AvgIpc) is 2.40. The maximum absolute atomic E-state index is 10.7. The largest absolute Gasteiger partial charge is 0.384 e. The first-order valence-electron chi connectivity index (χ1n) is 6.80. The van der Waals surface area contributed by atoms with Crippen LogP contribution >= 0.6 is 0 Å². The Labute approximate surface area is 109 Å². The van der Waals surface area contributed by atoms with Crippen LogP contribution in [0.1, 0.15) is 39.5 Å². The van der Waals surface area contributed by atoms with E-state index in [9.17, 15) is 9.90 Å². The molecule has 100 valence electrons. The quantitative estimate of drug-likeness (QED) is 0.705. The van der Waals surface area contributed by atoms with E-state index in [-0.39, 0.29) is 0 Å². The van der Waals surface area contributed by atoms with Crippen molar-refractivity contribution in [1.82, 2.24) is 4.90 Å². The zero-order chi connectivity index (χ0) is 13.4. The smallest absolute Gasteiger partial charge is 0.131 e. The fourth-order valence-electron chi connectivity index (χ4n) is 1.94. The second kappa shape index (κ2) is 7.91. The Morgan fingerprint density at radius 3 is 2.39 bits per heavy atom. The van der Waals surface area contributed by atoms with E-state index in [0.29, 0.717) is 5.57 Å². The van der Waals surface area contributed by atoms with Crippen LogP contribution in [0.2, 0.25) is 0 Å². The van der Waals surface area contributed by atoms with Gasteiger partial charge in [-0.1, -0.05) is 26.7 Å². The van der Waals surface area contributed by atoms with Gasteiger partial charge in [0, 0.05) is 18.8 Å². The minimum atomic E-state index is -0.801. The lowest BCUT2D eigenvalue weighted by atomic mass is 10.0. The number of aliphatic hydroxyl groups excluding tert-OH is 1. The maximum atomic E-state index is 10.7. The molecule has 0 heterocycles. The second-order valence-corrected chi connectivity index (χ2v) is 4.62. The molecule has 0 saturated carbocycles. The molecule has 0 amide bonds. The number of unbranched alkanes of at least 4 members (excludes halogenated alkanes) is 2. The number of allylic oxidation sites excluding steroid dienone is 1. The summed E-state index contributed by atoms with van der Waals surface area (Å²) >= 11 is 0. The van der Waals surface area contributed by atoms with Crippen LogP contribution in [0.5, 0.6) is 0 Å². The van der Waals surface area contributed by atoms with Crippen LogP contribution in [0.4, 0.5) is 0 Å². The Morgan fingerprint density at radius 1 is 1.28 bits per heavy atom. The Kier molecular flexibility index (Phi) is 6.48. The third-order valence-corrected chi connectivity index (χ3v) is 3.12. The number of nitrogens with zero attached hydrogens (tertiary/aromatic N) is 1. The zero-order valence-electron chi connectivity index (χ0n) is 11.4. The van der Waals surface area contributed by atoms with Crippen molar-refractivity contribution >= 4 is 5.94 Å². The van der Waals surface area contributed by atoms with Crippen molar-refractivity contribution in [2.75, 3.05) is 13.1 Å². The second-order valence-electron chi connectivity index (χ2n) is 4.62. The topological polar surface area (TPSA) is 40.5 Å². The molecule has 1 rings (SSSR count). The molecule has 0 aromatic carbocycles. The molecule has 3 heteroatoms. The van der Waals surface area contributed by atoms with Crippen molar-refractivity contribution in [3.05, 3.63) is 29.5 Å². The molecule has 1 aliphatic carbocycles. The van der Waals surface area contributed by atoms with E-state index in [4.69, 9.17) is 0 Å². The van der Waals surface area contributed by atoms with Crippen molar-refractivity contribution in [3.63, 3.8) is 0 Å². The van der Waals surface area contributed by atoms with Gasteiger partial charge in [0.25, 0.3) is 0 Å². The van der Waals surface area contributed by atoms with Gasteiger partial charge in [-0.05, 0) is 31.1 Å². The van der Waals surface area contributed by atoms with Crippen molar-refractivity contribution in [2.24, 2.45) is 0 Å². The summed E-state index contributed by atoms with van der Waals surface area (Å²) < 4.78 is 0. The molecule has 0 aliphatic heterocycles. The molecule has 3 nitrogen and oxygen atoms in total. The Hall–Kier alpha value is -1.31. The van der Waals surface area contributed by atoms with Crippen LogP contribution in [-0.2, 0) is 4.79 Å². The highest BCUT2D eigenvalue weighted by atomic mass is 16.3. The Morgan fingerprint density at radius 2 is 1.89 bits per heavy atom. The van der Waals surface area contributed by atoms with Gasteiger partial charge in [0.1, 0.15) is 12.0 Å². The molecule has 0 radical (unpaired) electrons. The molecule has 1 atom stereocenters. The van der Waals surface area contributed by atoms with Crippen LogP contribution in [-0.4, -0.2) is 35.1 Å². The molecule has 1 aliphatic rings. The third kappa shape index (κ3) is 4.17. The molecule has 0 aromatic rings. The van der Waals surface area contributed by atoms with Crippen molar-refractivity contribution in [3.8, 4) is 0 Å². The lowest BCUT2D eigenvalue weighted by Crippen LogP contribution is -2.27. The summed E-state index contributed by atoms with van der Waals surface area (Å²) in [6, 6.07) is 0. The fraction of sp³-hybridized carbons (Fsp3) is 0.600. The fourth-order valence-corrected chi connectivity index (χ4v) is 1.94. The molecule has 0 aromatic heterocycles. The molecule has 0 fully saturated rings. The van der Waals surface area contributed by atoms with Gasteiger partial charge < -0.3 is 10.0 Å². The number of carbonyl (C=O) groups excluding carboxylic acids is 1. The molecular weight excluding hydrogens is 226 g/mol. The van der Waals surface area contributed by atoms with E-state index >= 15 is 0 Å². The van der Waals surface area contributed by atoms with Gasteiger partial charge in [-0.2, -0.15) is 0 Å². The highest BCUT2D eigenvalue weighted by molar-refractivity contribution is 5.62. The van der Waals surface area contributed by atoms with Crippen molar-refractivity contribution in [2.45, 2.75) is 45.6 Å². The first kappa shape index (κ1) is 14.7. The minimum absolute atomic E-state index is 0.325. The van der Waals surface area contributed by atoms with Gasteiger partial charge in [-0.3, -0.25) is 0 Å². The van der Waals surface area contributed by atoms with Gasteiger partial charge >= 0.3 is 0 Å². The van der Waals surface area contributed by atoms with E-state index in [2.05, 4.69) is 18.7 Å². The normalized spacial score (nSPS) is 18.5. The predicted molar refractivity (Wildman–Crippen MR) is 73.8 cm³/mol. The Bertz CT molecular complexity index is 357. The van der Waals surface area contributed by atoms with Gasteiger partial charge in [-0.25, -0.2) is 4.79 Å². The summed E-state index contributed by atoms with van der Waals surface area (Å²) in [6.45, 7) is 6.33. The van der Waals surface area contributed by atoms with E-state index in [1.165, 1.54) is 0 Å². The summed E-state index contributed by atoms with van der Waals surface area (Å²) in [6.07, 6.45) is 9.08. The first-order chi connectivity index (χ1) is 8.72. The maximum Gasteiger partial charge on any atom is 0.131 e. The molecular formula is C15H23NO2. The minimum Gasteiger partial charge on any atom is -0.384 e. The van der Waals surface area contributed by atoms with Crippen LogP contribution in [0, 0.1) is 0 Å². The standard InChI is InChI=1S/C15H23NO2/c1-3-5-9-16(10-6-4-2)14-7-8-15(18)13(11-14)12-17/h7-8,11,15,18H,3-6,9-10H2,1-2H3.